The average molecular weight is 319 g/mol. The number of anilines is 2. The van der Waals surface area contributed by atoms with E-state index in [1.807, 2.05) is 30.3 Å². The first-order chi connectivity index (χ1) is 11.7. The number of halogens is 1. The number of nitrogens with one attached hydrogen (secondary N) is 1. The smallest absolute Gasteiger partial charge is 0.262 e. The number of carbonyl (C=O) groups is 1. The van der Waals surface area contributed by atoms with Crippen LogP contribution in [-0.2, 0) is 0 Å². The Morgan fingerprint density at radius 3 is 2.62 bits per heavy atom. The zero-order chi connectivity index (χ0) is 16.5. The molecule has 4 rings (SSSR count). The van der Waals surface area contributed by atoms with Crippen molar-refractivity contribution in [2.75, 3.05) is 10.2 Å². The Hall–Kier alpha value is -3.21. The summed E-state index contributed by atoms with van der Waals surface area (Å²) in [5, 5.41) is 3.22. The molecule has 0 aliphatic carbocycles. The number of carbonyl (C=O) groups excluding carboxylic acids is 1. The van der Waals surface area contributed by atoms with Crippen LogP contribution in [0.3, 0.4) is 0 Å². The van der Waals surface area contributed by atoms with Crippen molar-refractivity contribution >= 4 is 17.3 Å². The summed E-state index contributed by atoms with van der Waals surface area (Å²) in [5.41, 5.74) is 2.53. The fraction of sp³-hybridized carbons (Fsp3) is 0.0526. The van der Waals surface area contributed by atoms with Gasteiger partial charge in [0.1, 0.15) is 5.82 Å². The first-order valence-electron chi connectivity index (χ1n) is 7.60. The minimum absolute atomic E-state index is 0.127. The first kappa shape index (κ1) is 14.4. The molecular formula is C19H14FN3O. The molecule has 118 valence electrons. The lowest BCUT2D eigenvalue weighted by atomic mass is 10.2. The molecule has 1 N–H and O–H groups in total. The molecule has 1 aromatic heterocycles. The number of fused-ring (bicyclic) bond motifs is 1. The molecule has 1 aliphatic rings. The third-order valence-electron chi connectivity index (χ3n) is 3.97. The zero-order valence-corrected chi connectivity index (χ0v) is 12.7. The lowest BCUT2D eigenvalue weighted by molar-refractivity contribution is 0.0993. The van der Waals surface area contributed by atoms with Gasteiger partial charge in [0.25, 0.3) is 5.91 Å². The number of aromatic nitrogens is 1. The molecule has 3 aromatic rings. The van der Waals surface area contributed by atoms with Crippen molar-refractivity contribution < 1.29 is 9.18 Å². The molecule has 0 saturated carbocycles. The van der Waals surface area contributed by atoms with Crippen LogP contribution in [-0.4, -0.2) is 10.9 Å². The van der Waals surface area contributed by atoms with E-state index >= 15 is 0 Å². The fourth-order valence-electron chi connectivity index (χ4n) is 2.91. The SMILES string of the molecule is O=C1c2cccnc2[C@H](Nc2cccc(F)c2)N1c1ccccc1. The quantitative estimate of drug-likeness (QED) is 0.794. The van der Waals surface area contributed by atoms with Gasteiger partial charge in [-0.1, -0.05) is 24.3 Å². The highest BCUT2D eigenvalue weighted by atomic mass is 19.1. The summed E-state index contributed by atoms with van der Waals surface area (Å²) in [4.78, 5) is 18.8. The molecule has 0 unspecified atom stereocenters. The van der Waals surface area contributed by atoms with Crippen LogP contribution in [0.25, 0.3) is 0 Å². The van der Waals surface area contributed by atoms with Crippen LogP contribution in [0, 0.1) is 5.82 Å². The van der Waals surface area contributed by atoms with Crippen molar-refractivity contribution in [3.05, 3.63) is 90.0 Å². The van der Waals surface area contributed by atoms with Crippen molar-refractivity contribution in [1.29, 1.82) is 0 Å². The van der Waals surface area contributed by atoms with Gasteiger partial charge < -0.3 is 5.32 Å². The molecule has 2 aromatic carbocycles. The molecule has 5 heteroatoms. The van der Waals surface area contributed by atoms with Crippen LogP contribution < -0.4 is 10.2 Å². The Morgan fingerprint density at radius 1 is 1.00 bits per heavy atom. The summed E-state index contributed by atoms with van der Waals surface area (Å²) in [7, 11) is 0. The number of amides is 1. The van der Waals surface area contributed by atoms with Crippen LogP contribution in [0.5, 0.6) is 0 Å². The summed E-state index contributed by atoms with van der Waals surface area (Å²) >= 11 is 0. The van der Waals surface area contributed by atoms with Crippen LogP contribution in [0.1, 0.15) is 22.2 Å². The van der Waals surface area contributed by atoms with E-state index in [9.17, 15) is 9.18 Å². The molecule has 1 aliphatic heterocycles. The topological polar surface area (TPSA) is 45.2 Å². The summed E-state index contributed by atoms with van der Waals surface area (Å²) in [6.07, 6.45) is 1.17. The Balaban J connectivity index is 1.79. The highest BCUT2D eigenvalue weighted by molar-refractivity contribution is 6.11. The Labute approximate surface area is 138 Å². The van der Waals surface area contributed by atoms with Gasteiger partial charge in [0.15, 0.2) is 6.17 Å². The van der Waals surface area contributed by atoms with E-state index < -0.39 is 6.17 Å². The summed E-state index contributed by atoms with van der Waals surface area (Å²) in [5.74, 6) is -0.463. The molecule has 0 radical (unpaired) electrons. The van der Waals surface area contributed by atoms with Gasteiger partial charge >= 0.3 is 0 Å². The number of pyridine rings is 1. The molecule has 0 saturated heterocycles. The highest BCUT2D eigenvalue weighted by Crippen LogP contribution is 2.36. The molecule has 0 fully saturated rings. The number of hydrogen-bond acceptors (Lipinski definition) is 3. The molecule has 24 heavy (non-hydrogen) atoms. The molecule has 0 spiro atoms. The van der Waals surface area contributed by atoms with Gasteiger partial charge in [0.05, 0.1) is 11.3 Å². The van der Waals surface area contributed by atoms with E-state index in [1.54, 1.807) is 35.4 Å². The van der Waals surface area contributed by atoms with E-state index in [1.165, 1.54) is 12.1 Å². The van der Waals surface area contributed by atoms with E-state index in [4.69, 9.17) is 0 Å². The van der Waals surface area contributed by atoms with Gasteiger partial charge in [-0.3, -0.25) is 14.7 Å². The summed E-state index contributed by atoms with van der Waals surface area (Å²) < 4.78 is 13.5. The van der Waals surface area contributed by atoms with Gasteiger partial charge in [0, 0.05) is 17.6 Å². The minimum atomic E-state index is -0.488. The van der Waals surface area contributed by atoms with E-state index in [0.29, 0.717) is 16.9 Å². The zero-order valence-electron chi connectivity index (χ0n) is 12.7. The van der Waals surface area contributed by atoms with Crippen LogP contribution in [0.4, 0.5) is 15.8 Å². The van der Waals surface area contributed by atoms with Crippen molar-refractivity contribution in [2.45, 2.75) is 6.17 Å². The number of rotatable bonds is 3. The molecule has 1 atom stereocenters. The summed E-state index contributed by atoms with van der Waals surface area (Å²) in [6.45, 7) is 0. The Kier molecular flexibility index (Phi) is 3.46. The van der Waals surface area contributed by atoms with Crippen molar-refractivity contribution in [1.82, 2.24) is 4.98 Å². The van der Waals surface area contributed by atoms with E-state index in [0.717, 1.165) is 5.69 Å². The lowest BCUT2D eigenvalue weighted by Gasteiger charge is -2.26. The standard InChI is InChI=1S/C19H14FN3O/c20-13-6-4-7-14(12-13)22-18-17-16(10-5-11-21-17)19(24)23(18)15-8-2-1-3-9-15/h1-12,18,22H/t18-/m1/s1. The van der Waals surface area contributed by atoms with Gasteiger partial charge in [-0.2, -0.15) is 0 Å². The summed E-state index contributed by atoms with van der Waals surface area (Å²) in [6, 6.07) is 19.0. The van der Waals surface area contributed by atoms with Crippen molar-refractivity contribution in [3.8, 4) is 0 Å². The number of para-hydroxylation sites is 1. The molecule has 2 heterocycles. The third kappa shape index (κ3) is 2.40. The first-order valence-corrected chi connectivity index (χ1v) is 7.60. The van der Waals surface area contributed by atoms with Crippen molar-refractivity contribution in [3.63, 3.8) is 0 Å². The highest BCUT2D eigenvalue weighted by Gasteiger charge is 2.38. The van der Waals surface area contributed by atoms with Gasteiger partial charge in [0.2, 0.25) is 0 Å². The molecule has 4 nitrogen and oxygen atoms in total. The van der Waals surface area contributed by atoms with Gasteiger partial charge in [-0.05, 0) is 42.5 Å². The molecule has 1 amide bonds. The predicted molar refractivity (Wildman–Crippen MR) is 90.3 cm³/mol. The van der Waals surface area contributed by atoms with E-state index in [2.05, 4.69) is 10.3 Å². The third-order valence-corrected chi connectivity index (χ3v) is 3.97. The van der Waals surface area contributed by atoms with Crippen LogP contribution in [0.2, 0.25) is 0 Å². The second kappa shape index (κ2) is 5.77. The minimum Gasteiger partial charge on any atom is -0.360 e. The normalized spacial score (nSPS) is 16.1. The largest absolute Gasteiger partial charge is 0.360 e. The van der Waals surface area contributed by atoms with Crippen LogP contribution in [0.15, 0.2) is 72.9 Å². The van der Waals surface area contributed by atoms with Gasteiger partial charge in [-0.25, -0.2) is 4.39 Å². The predicted octanol–water partition coefficient (Wildman–Crippen LogP) is 3.99. The van der Waals surface area contributed by atoms with Crippen LogP contribution >= 0.6 is 0 Å². The van der Waals surface area contributed by atoms with E-state index in [-0.39, 0.29) is 11.7 Å². The molecule has 0 bridgehead atoms. The second-order valence-electron chi connectivity index (χ2n) is 5.50. The Morgan fingerprint density at radius 2 is 1.83 bits per heavy atom. The molecular weight excluding hydrogens is 305 g/mol. The maximum absolute atomic E-state index is 13.5. The second-order valence-corrected chi connectivity index (χ2v) is 5.50. The Bertz CT molecular complexity index is 898. The van der Waals surface area contributed by atoms with Gasteiger partial charge in [-0.15, -0.1) is 0 Å². The monoisotopic (exact) mass is 319 g/mol. The number of benzene rings is 2. The fourth-order valence-corrected chi connectivity index (χ4v) is 2.91. The number of hydrogen-bond donors (Lipinski definition) is 1. The average Bonchev–Trinajstić information content (AvgIpc) is 2.88. The number of nitrogens with zero attached hydrogens (tertiary/aromatic N) is 2. The maximum Gasteiger partial charge on any atom is 0.262 e. The van der Waals surface area contributed by atoms with Crippen molar-refractivity contribution in [2.24, 2.45) is 0 Å². The lowest BCUT2D eigenvalue weighted by Crippen LogP contribution is -2.32. The maximum atomic E-state index is 13.5.